The second kappa shape index (κ2) is 10.5. The maximum absolute atomic E-state index is 13.3. The second-order valence-electron chi connectivity index (χ2n) is 8.49. The maximum atomic E-state index is 13.3. The van der Waals surface area contributed by atoms with Crippen LogP contribution in [0.5, 0.6) is 5.75 Å². The van der Waals surface area contributed by atoms with E-state index in [4.69, 9.17) is 4.74 Å². The Balaban J connectivity index is 1.68. The number of benzene rings is 3. The molecule has 0 aromatic heterocycles. The first-order valence-electron chi connectivity index (χ1n) is 11.8. The molecule has 2 nitrogen and oxygen atoms in total. The van der Waals surface area contributed by atoms with Crippen LogP contribution in [0.1, 0.15) is 48.1 Å². The van der Waals surface area contributed by atoms with E-state index in [9.17, 15) is 13.2 Å². The van der Waals surface area contributed by atoms with Gasteiger partial charge in [-0.1, -0.05) is 62.4 Å². The lowest BCUT2D eigenvalue weighted by Gasteiger charge is -2.25. The number of aryl methyl sites for hydroxylation is 1. The highest BCUT2D eigenvalue weighted by Gasteiger charge is 2.32. The molecule has 0 saturated heterocycles. The van der Waals surface area contributed by atoms with Crippen molar-refractivity contribution in [3.05, 3.63) is 101 Å². The normalized spacial score (nSPS) is 13.8. The Morgan fingerprint density at radius 2 is 1.53 bits per heavy atom. The number of ether oxygens (including phenoxy) is 1. The van der Waals surface area contributed by atoms with Gasteiger partial charge in [-0.2, -0.15) is 13.2 Å². The summed E-state index contributed by atoms with van der Waals surface area (Å²) in [7, 11) is 0. The largest absolute Gasteiger partial charge is 0.492 e. The van der Waals surface area contributed by atoms with Gasteiger partial charge in [0.1, 0.15) is 12.4 Å². The van der Waals surface area contributed by atoms with Crippen molar-refractivity contribution in [2.45, 2.75) is 32.9 Å². The minimum atomic E-state index is -4.34. The van der Waals surface area contributed by atoms with Crippen LogP contribution < -0.4 is 4.74 Å². The SMILES string of the molecule is CCN(CC)CCOc1ccc(C2=C(c3ccccc3)CCc3cc(C(F)(F)F)ccc32)cc1. The summed E-state index contributed by atoms with van der Waals surface area (Å²) in [5.74, 6) is 0.793. The first kappa shape index (κ1) is 24.1. The molecule has 0 atom stereocenters. The molecule has 0 N–H and O–H groups in total. The van der Waals surface area contributed by atoms with Gasteiger partial charge < -0.3 is 9.64 Å². The molecule has 0 spiro atoms. The van der Waals surface area contributed by atoms with Gasteiger partial charge >= 0.3 is 6.18 Å². The van der Waals surface area contributed by atoms with E-state index >= 15 is 0 Å². The van der Waals surface area contributed by atoms with Gasteiger partial charge in [0.15, 0.2) is 0 Å². The zero-order chi connectivity index (χ0) is 24.1. The minimum Gasteiger partial charge on any atom is -0.492 e. The van der Waals surface area contributed by atoms with Crippen LogP contribution in [0.25, 0.3) is 11.1 Å². The van der Waals surface area contributed by atoms with Crippen LogP contribution in [-0.4, -0.2) is 31.1 Å². The van der Waals surface area contributed by atoms with E-state index in [2.05, 4.69) is 30.9 Å². The lowest BCUT2D eigenvalue weighted by Crippen LogP contribution is -2.27. The zero-order valence-corrected chi connectivity index (χ0v) is 19.7. The van der Waals surface area contributed by atoms with E-state index in [1.807, 2.05) is 42.5 Å². The van der Waals surface area contributed by atoms with Gasteiger partial charge in [0, 0.05) is 6.54 Å². The van der Waals surface area contributed by atoms with Crippen LogP contribution in [0, 0.1) is 0 Å². The molecule has 1 aliphatic rings. The molecule has 0 fully saturated rings. The molecule has 34 heavy (non-hydrogen) atoms. The summed E-state index contributed by atoms with van der Waals surface area (Å²) in [6, 6.07) is 22.1. The highest BCUT2D eigenvalue weighted by molar-refractivity contribution is 6.00. The molecular formula is C29H30F3NO. The second-order valence-corrected chi connectivity index (χ2v) is 8.49. The Bertz CT molecular complexity index is 1130. The smallest absolute Gasteiger partial charge is 0.416 e. The molecule has 3 aromatic carbocycles. The fourth-order valence-corrected chi connectivity index (χ4v) is 4.58. The first-order chi connectivity index (χ1) is 16.4. The molecule has 0 radical (unpaired) electrons. The van der Waals surface area contributed by atoms with Crippen LogP contribution in [-0.2, 0) is 12.6 Å². The molecule has 0 unspecified atom stereocenters. The van der Waals surface area contributed by atoms with E-state index in [-0.39, 0.29) is 0 Å². The maximum Gasteiger partial charge on any atom is 0.416 e. The summed E-state index contributed by atoms with van der Waals surface area (Å²) in [6.07, 6.45) is -3.07. The lowest BCUT2D eigenvalue weighted by atomic mass is 9.79. The first-order valence-corrected chi connectivity index (χ1v) is 11.8. The molecule has 0 bridgehead atoms. The van der Waals surface area contributed by atoms with Crippen LogP contribution in [0.2, 0.25) is 0 Å². The third-order valence-electron chi connectivity index (χ3n) is 6.48. The molecule has 0 saturated carbocycles. The topological polar surface area (TPSA) is 12.5 Å². The van der Waals surface area contributed by atoms with Crippen molar-refractivity contribution in [1.82, 2.24) is 4.90 Å². The zero-order valence-electron chi connectivity index (χ0n) is 19.7. The molecule has 5 heteroatoms. The van der Waals surface area contributed by atoms with E-state index in [1.165, 1.54) is 12.1 Å². The third-order valence-corrected chi connectivity index (χ3v) is 6.48. The van der Waals surface area contributed by atoms with Crippen LogP contribution >= 0.6 is 0 Å². The Morgan fingerprint density at radius 1 is 0.824 bits per heavy atom. The van der Waals surface area contributed by atoms with Gasteiger partial charge in [0.05, 0.1) is 5.56 Å². The fraction of sp³-hybridized carbons (Fsp3) is 0.310. The Kier molecular flexibility index (Phi) is 7.42. The highest BCUT2D eigenvalue weighted by Crippen LogP contribution is 2.42. The molecule has 0 amide bonds. The molecule has 3 aromatic rings. The number of alkyl halides is 3. The van der Waals surface area contributed by atoms with Gasteiger partial charge in [-0.25, -0.2) is 0 Å². The number of halogens is 3. The molecular weight excluding hydrogens is 435 g/mol. The average molecular weight is 466 g/mol. The van der Waals surface area contributed by atoms with Gasteiger partial charge in [-0.15, -0.1) is 0 Å². The number of hydrogen-bond acceptors (Lipinski definition) is 2. The summed E-state index contributed by atoms with van der Waals surface area (Å²) in [5, 5.41) is 0. The number of allylic oxidation sites excluding steroid dienone is 1. The number of fused-ring (bicyclic) bond motifs is 1. The van der Waals surface area contributed by atoms with Crippen molar-refractivity contribution in [3.8, 4) is 5.75 Å². The lowest BCUT2D eigenvalue weighted by molar-refractivity contribution is -0.137. The monoisotopic (exact) mass is 465 g/mol. The van der Waals surface area contributed by atoms with Gasteiger partial charge in [0.25, 0.3) is 0 Å². The predicted molar refractivity (Wildman–Crippen MR) is 132 cm³/mol. The molecule has 4 rings (SSSR count). The average Bonchev–Trinajstić information content (AvgIpc) is 2.86. The van der Waals surface area contributed by atoms with Crippen LogP contribution in [0.15, 0.2) is 72.8 Å². The Morgan fingerprint density at radius 3 is 2.18 bits per heavy atom. The summed E-state index contributed by atoms with van der Waals surface area (Å²) in [6.45, 7) is 7.73. The number of likely N-dealkylation sites (N-methyl/N-ethyl adjacent to an activating group) is 1. The highest BCUT2D eigenvalue weighted by atomic mass is 19.4. The van der Waals surface area contributed by atoms with E-state index in [0.29, 0.717) is 19.4 Å². The van der Waals surface area contributed by atoms with E-state index in [1.54, 1.807) is 6.07 Å². The molecule has 0 heterocycles. The van der Waals surface area contributed by atoms with Gasteiger partial charge in [-0.3, -0.25) is 0 Å². The van der Waals surface area contributed by atoms with E-state index < -0.39 is 11.7 Å². The summed E-state index contributed by atoms with van der Waals surface area (Å²) >= 11 is 0. The Hall–Kier alpha value is -3.05. The van der Waals surface area contributed by atoms with Crippen LogP contribution in [0.4, 0.5) is 13.2 Å². The van der Waals surface area contributed by atoms with Crippen molar-refractivity contribution in [3.63, 3.8) is 0 Å². The number of hydrogen-bond donors (Lipinski definition) is 0. The quantitative estimate of drug-likeness (QED) is 0.345. The number of rotatable bonds is 8. The standard InChI is InChI=1S/C29H30F3NO/c1-3-33(4-2)18-19-34-25-14-10-22(11-15-25)28-26(21-8-6-5-7-9-21)16-12-23-20-24(29(30,31)32)13-17-27(23)28/h5-11,13-15,17,20H,3-4,12,16,18-19H2,1-2H3. The summed E-state index contributed by atoms with van der Waals surface area (Å²) in [4.78, 5) is 2.31. The summed E-state index contributed by atoms with van der Waals surface area (Å²) in [5.41, 5.74) is 5.25. The Labute approximate surface area is 199 Å². The summed E-state index contributed by atoms with van der Waals surface area (Å²) < 4.78 is 45.9. The van der Waals surface area contributed by atoms with E-state index in [0.717, 1.165) is 58.8 Å². The predicted octanol–water partition coefficient (Wildman–Crippen LogP) is 7.33. The molecule has 1 aliphatic carbocycles. The third kappa shape index (κ3) is 5.36. The van der Waals surface area contributed by atoms with Crippen molar-refractivity contribution in [2.75, 3.05) is 26.2 Å². The van der Waals surface area contributed by atoms with Crippen LogP contribution in [0.3, 0.4) is 0 Å². The van der Waals surface area contributed by atoms with Crippen molar-refractivity contribution in [1.29, 1.82) is 0 Å². The molecule has 178 valence electrons. The molecule has 0 aliphatic heterocycles. The fourth-order valence-electron chi connectivity index (χ4n) is 4.58. The van der Waals surface area contributed by atoms with Crippen molar-refractivity contribution < 1.29 is 17.9 Å². The van der Waals surface area contributed by atoms with Gasteiger partial charge in [0.2, 0.25) is 0 Å². The number of nitrogens with zero attached hydrogens (tertiary/aromatic N) is 1. The van der Waals surface area contributed by atoms with Gasteiger partial charge in [-0.05, 0) is 83.6 Å². The minimum absolute atomic E-state index is 0.583. The van der Waals surface area contributed by atoms with Crippen molar-refractivity contribution in [2.24, 2.45) is 0 Å². The van der Waals surface area contributed by atoms with Crippen molar-refractivity contribution >= 4 is 11.1 Å².